The second-order valence-electron chi connectivity index (χ2n) is 3.53. The molecule has 0 aromatic heterocycles. The van der Waals surface area contributed by atoms with Gasteiger partial charge >= 0.3 is 0 Å². The lowest BCUT2D eigenvalue weighted by atomic mass is 9.99. The smallest absolute Gasteiger partial charge is 0.0906 e. The van der Waals surface area contributed by atoms with Crippen LogP contribution >= 0.6 is 0 Å². The molecule has 1 unspecified atom stereocenters. The van der Waals surface area contributed by atoms with Crippen LogP contribution in [0.5, 0.6) is 0 Å². The van der Waals surface area contributed by atoms with Crippen LogP contribution in [0.3, 0.4) is 0 Å². The van der Waals surface area contributed by atoms with E-state index in [2.05, 4.69) is 4.90 Å². The Kier molecular flexibility index (Phi) is 4.54. The first-order chi connectivity index (χ1) is 5.86. The molecule has 0 saturated carbocycles. The highest BCUT2D eigenvalue weighted by atomic mass is 19.1. The molecule has 1 heterocycles. The van der Waals surface area contributed by atoms with Crippen LogP contribution in [0.1, 0.15) is 19.3 Å². The molecule has 3 heteroatoms. The minimum Gasteiger partial charge on any atom is -0.396 e. The third-order valence-corrected chi connectivity index (χ3v) is 2.47. The second kappa shape index (κ2) is 5.49. The van der Waals surface area contributed by atoms with Gasteiger partial charge in [0.1, 0.15) is 0 Å². The van der Waals surface area contributed by atoms with Crippen molar-refractivity contribution in [2.45, 2.75) is 19.3 Å². The number of piperidine rings is 1. The number of alkyl halides is 1. The highest BCUT2D eigenvalue weighted by Crippen LogP contribution is 2.15. The molecule has 0 aromatic carbocycles. The van der Waals surface area contributed by atoms with Gasteiger partial charge in [0.25, 0.3) is 0 Å². The maximum absolute atomic E-state index is 11.9. The van der Waals surface area contributed by atoms with Gasteiger partial charge < -0.3 is 10.0 Å². The van der Waals surface area contributed by atoms with Gasteiger partial charge in [-0.1, -0.05) is 0 Å². The molecular formula is C9H18FNO. The molecule has 12 heavy (non-hydrogen) atoms. The van der Waals surface area contributed by atoms with Crippen LogP contribution < -0.4 is 0 Å². The van der Waals surface area contributed by atoms with E-state index >= 15 is 0 Å². The molecule has 0 spiro atoms. The van der Waals surface area contributed by atoms with E-state index in [4.69, 9.17) is 5.11 Å². The summed E-state index contributed by atoms with van der Waals surface area (Å²) < 4.78 is 11.9. The molecule has 1 saturated heterocycles. The Balaban J connectivity index is 2.16. The van der Waals surface area contributed by atoms with Crippen molar-refractivity contribution in [3.05, 3.63) is 0 Å². The molecule has 1 N–H and O–H groups in total. The highest BCUT2D eigenvalue weighted by molar-refractivity contribution is 4.71. The minimum absolute atomic E-state index is 0.222. The number of hydrogen-bond acceptors (Lipinski definition) is 2. The monoisotopic (exact) mass is 175 g/mol. The average molecular weight is 175 g/mol. The summed E-state index contributed by atoms with van der Waals surface area (Å²) in [6.07, 6.45) is 2.91. The van der Waals surface area contributed by atoms with E-state index in [1.54, 1.807) is 0 Å². The van der Waals surface area contributed by atoms with Crippen molar-refractivity contribution in [3.8, 4) is 0 Å². The number of nitrogens with zero attached hydrogens (tertiary/aromatic N) is 1. The molecule has 1 rings (SSSR count). The topological polar surface area (TPSA) is 23.5 Å². The Morgan fingerprint density at radius 3 is 3.00 bits per heavy atom. The summed E-state index contributed by atoms with van der Waals surface area (Å²) >= 11 is 0. The van der Waals surface area contributed by atoms with E-state index in [1.807, 2.05) is 0 Å². The van der Waals surface area contributed by atoms with Gasteiger partial charge in [-0.05, 0) is 31.7 Å². The zero-order valence-corrected chi connectivity index (χ0v) is 7.51. The Bertz CT molecular complexity index is 121. The van der Waals surface area contributed by atoms with Crippen LogP contribution in [0.25, 0.3) is 0 Å². The SMILES string of the molecule is OCC1CCCN(CCCF)C1. The van der Waals surface area contributed by atoms with E-state index in [-0.39, 0.29) is 13.3 Å². The fraction of sp³-hybridized carbons (Fsp3) is 1.00. The number of rotatable bonds is 4. The van der Waals surface area contributed by atoms with Crippen LogP contribution in [0.2, 0.25) is 0 Å². The minimum atomic E-state index is -0.222. The van der Waals surface area contributed by atoms with Gasteiger partial charge in [0.2, 0.25) is 0 Å². The van der Waals surface area contributed by atoms with Crippen LogP contribution in [-0.2, 0) is 0 Å². The van der Waals surface area contributed by atoms with Crippen LogP contribution in [0.4, 0.5) is 4.39 Å². The third-order valence-electron chi connectivity index (χ3n) is 2.47. The van der Waals surface area contributed by atoms with Crippen molar-refractivity contribution in [1.82, 2.24) is 4.90 Å². The van der Waals surface area contributed by atoms with Crippen LogP contribution in [-0.4, -0.2) is 42.9 Å². The molecule has 0 aromatic rings. The first-order valence-corrected chi connectivity index (χ1v) is 4.76. The maximum atomic E-state index is 11.9. The molecule has 1 aliphatic heterocycles. The number of likely N-dealkylation sites (tertiary alicyclic amines) is 1. The van der Waals surface area contributed by atoms with Gasteiger partial charge in [0.05, 0.1) is 6.67 Å². The van der Waals surface area contributed by atoms with Gasteiger partial charge in [-0.25, -0.2) is 0 Å². The summed E-state index contributed by atoms with van der Waals surface area (Å²) in [6, 6.07) is 0. The predicted octanol–water partition coefficient (Wildman–Crippen LogP) is 1.05. The number of aliphatic hydroxyl groups excluding tert-OH is 1. The lowest BCUT2D eigenvalue weighted by Gasteiger charge is -2.31. The molecule has 1 atom stereocenters. The Labute approximate surface area is 73.4 Å². The van der Waals surface area contributed by atoms with E-state index in [0.29, 0.717) is 12.3 Å². The number of halogens is 1. The molecule has 2 nitrogen and oxygen atoms in total. The van der Waals surface area contributed by atoms with Crippen molar-refractivity contribution >= 4 is 0 Å². The van der Waals surface area contributed by atoms with E-state index in [9.17, 15) is 4.39 Å². The van der Waals surface area contributed by atoms with Gasteiger partial charge in [0.15, 0.2) is 0 Å². The van der Waals surface area contributed by atoms with Crippen LogP contribution in [0.15, 0.2) is 0 Å². The largest absolute Gasteiger partial charge is 0.396 e. The zero-order valence-electron chi connectivity index (χ0n) is 7.51. The van der Waals surface area contributed by atoms with Crippen molar-refractivity contribution in [1.29, 1.82) is 0 Å². The molecule has 1 fully saturated rings. The number of aliphatic hydroxyl groups is 1. The van der Waals surface area contributed by atoms with Gasteiger partial charge in [0, 0.05) is 19.7 Å². The summed E-state index contributed by atoms with van der Waals surface area (Å²) in [7, 11) is 0. The third kappa shape index (κ3) is 3.07. The molecule has 1 aliphatic rings. The first-order valence-electron chi connectivity index (χ1n) is 4.76. The lowest BCUT2D eigenvalue weighted by Crippen LogP contribution is -2.37. The second-order valence-corrected chi connectivity index (χ2v) is 3.53. The molecule has 0 radical (unpaired) electrons. The molecule has 0 bridgehead atoms. The Hall–Kier alpha value is -0.150. The first kappa shape index (κ1) is 9.93. The Morgan fingerprint density at radius 2 is 2.33 bits per heavy atom. The van der Waals surface area contributed by atoms with Gasteiger partial charge in [-0.15, -0.1) is 0 Å². The summed E-state index contributed by atoms with van der Waals surface area (Å²) in [5.74, 6) is 0.429. The molecular weight excluding hydrogens is 157 g/mol. The summed E-state index contributed by atoms with van der Waals surface area (Å²) in [4.78, 5) is 2.25. The van der Waals surface area contributed by atoms with Crippen molar-refractivity contribution in [2.24, 2.45) is 5.92 Å². The van der Waals surface area contributed by atoms with Gasteiger partial charge in [-0.2, -0.15) is 0 Å². The summed E-state index contributed by atoms with van der Waals surface area (Å²) in [5, 5.41) is 8.93. The van der Waals surface area contributed by atoms with Crippen LogP contribution in [0, 0.1) is 5.92 Å². The van der Waals surface area contributed by atoms with E-state index in [0.717, 1.165) is 32.5 Å². The van der Waals surface area contributed by atoms with Crippen molar-refractivity contribution < 1.29 is 9.50 Å². The fourth-order valence-corrected chi connectivity index (χ4v) is 1.79. The fourth-order valence-electron chi connectivity index (χ4n) is 1.79. The molecule has 0 aliphatic carbocycles. The zero-order chi connectivity index (χ0) is 8.81. The quantitative estimate of drug-likeness (QED) is 0.690. The van der Waals surface area contributed by atoms with Gasteiger partial charge in [-0.3, -0.25) is 4.39 Å². The maximum Gasteiger partial charge on any atom is 0.0906 e. The molecule has 0 amide bonds. The number of hydrogen-bond donors (Lipinski definition) is 1. The van der Waals surface area contributed by atoms with Crippen molar-refractivity contribution in [3.63, 3.8) is 0 Å². The van der Waals surface area contributed by atoms with Crippen molar-refractivity contribution in [2.75, 3.05) is 32.9 Å². The van der Waals surface area contributed by atoms with E-state index in [1.165, 1.54) is 0 Å². The summed E-state index contributed by atoms with van der Waals surface area (Å²) in [6.45, 7) is 2.95. The van der Waals surface area contributed by atoms with E-state index < -0.39 is 0 Å². The highest BCUT2D eigenvalue weighted by Gasteiger charge is 2.18. The Morgan fingerprint density at radius 1 is 1.50 bits per heavy atom. The average Bonchev–Trinajstić information content (AvgIpc) is 2.15. The lowest BCUT2D eigenvalue weighted by molar-refractivity contribution is 0.118. The summed E-state index contributed by atoms with van der Waals surface area (Å²) in [5.41, 5.74) is 0. The standard InChI is InChI=1S/C9H18FNO/c10-4-2-6-11-5-1-3-9(7-11)8-12/h9,12H,1-8H2. The molecule has 72 valence electrons. The normalized spacial score (nSPS) is 26.0. The predicted molar refractivity (Wildman–Crippen MR) is 46.8 cm³/mol.